The molecule has 0 radical (unpaired) electrons. The summed E-state index contributed by atoms with van der Waals surface area (Å²) in [6.45, 7) is 2.05. The summed E-state index contributed by atoms with van der Waals surface area (Å²) in [5.74, 6) is -0.293. The van der Waals surface area contributed by atoms with Crippen molar-refractivity contribution < 1.29 is 9.90 Å². The van der Waals surface area contributed by atoms with Gasteiger partial charge in [0, 0.05) is 31.4 Å². The van der Waals surface area contributed by atoms with Gasteiger partial charge in [-0.1, -0.05) is 0 Å². The second-order valence-electron chi connectivity index (χ2n) is 3.76. The van der Waals surface area contributed by atoms with E-state index in [1.165, 1.54) is 10.6 Å². The molecular weight excluding hydrogens is 208 g/mol. The van der Waals surface area contributed by atoms with Crippen LogP contribution < -0.4 is 10.9 Å². The molecule has 0 aromatic carbocycles. The number of amides is 1. The molecule has 0 aliphatic carbocycles. The molecule has 0 aliphatic heterocycles. The summed E-state index contributed by atoms with van der Waals surface area (Å²) in [6, 6.07) is 2.87. The third kappa shape index (κ3) is 3.51. The molecule has 0 aliphatic rings. The molecular formula is C11H16N2O3. The Balaban J connectivity index is 2.60. The lowest BCUT2D eigenvalue weighted by molar-refractivity contribution is 0.0945. The number of rotatable bonds is 4. The quantitative estimate of drug-likeness (QED) is 0.749. The zero-order chi connectivity index (χ0) is 12.1. The van der Waals surface area contributed by atoms with Gasteiger partial charge in [-0.3, -0.25) is 9.59 Å². The van der Waals surface area contributed by atoms with E-state index in [2.05, 4.69) is 5.32 Å². The highest BCUT2D eigenvalue weighted by Gasteiger charge is 2.06. The molecule has 16 heavy (non-hydrogen) atoms. The van der Waals surface area contributed by atoms with E-state index in [4.69, 9.17) is 5.11 Å². The van der Waals surface area contributed by atoms with Crippen LogP contribution in [-0.4, -0.2) is 28.2 Å². The van der Waals surface area contributed by atoms with Gasteiger partial charge in [-0.2, -0.15) is 0 Å². The first kappa shape index (κ1) is 12.4. The number of hydrogen-bond acceptors (Lipinski definition) is 3. The highest BCUT2D eigenvalue weighted by atomic mass is 16.3. The first-order chi connectivity index (χ1) is 7.50. The summed E-state index contributed by atoms with van der Waals surface area (Å²) in [6.07, 6.45) is 1.60. The second kappa shape index (κ2) is 5.46. The Morgan fingerprint density at radius 1 is 1.62 bits per heavy atom. The van der Waals surface area contributed by atoms with E-state index in [0.717, 1.165) is 0 Å². The molecule has 1 heterocycles. The number of carbonyl (C=O) groups excluding carboxylic acids is 1. The molecule has 0 spiro atoms. The predicted molar refractivity (Wildman–Crippen MR) is 60.3 cm³/mol. The minimum Gasteiger partial charge on any atom is -0.393 e. The van der Waals surface area contributed by atoms with Crippen LogP contribution in [0, 0.1) is 0 Å². The van der Waals surface area contributed by atoms with Gasteiger partial charge < -0.3 is 15.0 Å². The maximum absolute atomic E-state index is 11.5. The van der Waals surface area contributed by atoms with Crippen molar-refractivity contribution in [2.24, 2.45) is 7.05 Å². The number of aryl methyl sites for hydroxylation is 1. The van der Waals surface area contributed by atoms with Crippen LogP contribution in [0.4, 0.5) is 0 Å². The fourth-order valence-electron chi connectivity index (χ4n) is 1.19. The Bertz CT molecular complexity index is 423. The summed E-state index contributed by atoms with van der Waals surface area (Å²) >= 11 is 0. The van der Waals surface area contributed by atoms with Crippen LogP contribution in [0.25, 0.3) is 0 Å². The van der Waals surface area contributed by atoms with Gasteiger partial charge in [-0.05, 0) is 19.4 Å². The average Bonchev–Trinajstić information content (AvgIpc) is 2.21. The predicted octanol–water partition coefficient (Wildman–Crippen LogP) is -0.114. The van der Waals surface area contributed by atoms with Crippen LogP contribution in [0.1, 0.15) is 23.7 Å². The number of nitrogens with one attached hydrogen (secondary N) is 1. The van der Waals surface area contributed by atoms with E-state index in [-0.39, 0.29) is 11.5 Å². The lowest BCUT2D eigenvalue weighted by Gasteiger charge is -2.06. The van der Waals surface area contributed by atoms with E-state index in [1.807, 2.05) is 0 Å². The number of aliphatic hydroxyl groups excluding tert-OH is 1. The van der Waals surface area contributed by atoms with Gasteiger partial charge in [0.05, 0.1) is 6.10 Å². The van der Waals surface area contributed by atoms with E-state index < -0.39 is 6.10 Å². The van der Waals surface area contributed by atoms with Gasteiger partial charge in [-0.15, -0.1) is 0 Å². The van der Waals surface area contributed by atoms with Crippen LogP contribution in [-0.2, 0) is 7.05 Å². The topological polar surface area (TPSA) is 71.3 Å². The van der Waals surface area contributed by atoms with Gasteiger partial charge in [0.25, 0.3) is 11.5 Å². The third-order valence-electron chi connectivity index (χ3n) is 2.21. The summed E-state index contributed by atoms with van der Waals surface area (Å²) < 4.78 is 1.40. The van der Waals surface area contributed by atoms with Crippen molar-refractivity contribution in [1.82, 2.24) is 9.88 Å². The monoisotopic (exact) mass is 224 g/mol. The van der Waals surface area contributed by atoms with Gasteiger partial charge in [0.15, 0.2) is 0 Å². The normalized spacial score (nSPS) is 12.2. The van der Waals surface area contributed by atoms with Crippen LogP contribution in [0.15, 0.2) is 23.1 Å². The largest absolute Gasteiger partial charge is 0.393 e. The molecule has 0 saturated heterocycles. The number of pyridine rings is 1. The molecule has 1 atom stereocenters. The Kier molecular flexibility index (Phi) is 4.25. The molecule has 0 saturated carbocycles. The second-order valence-corrected chi connectivity index (χ2v) is 3.76. The van der Waals surface area contributed by atoms with Crippen molar-refractivity contribution in [3.63, 3.8) is 0 Å². The van der Waals surface area contributed by atoms with E-state index in [1.54, 1.807) is 26.2 Å². The highest BCUT2D eigenvalue weighted by molar-refractivity contribution is 5.93. The van der Waals surface area contributed by atoms with Gasteiger partial charge >= 0.3 is 0 Å². The number of aliphatic hydroxyl groups is 1. The molecule has 1 aromatic rings. The average molecular weight is 224 g/mol. The molecule has 0 fully saturated rings. The Labute approximate surface area is 93.7 Å². The molecule has 5 heteroatoms. The van der Waals surface area contributed by atoms with Crippen molar-refractivity contribution in [1.29, 1.82) is 0 Å². The Morgan fingerprint density at radius 2 is 2.31 bits per heavy atom. The molecule has 1 rings (SSSR count). The maximum atomic E-state index is 11.5. The minimum absolute atomic E-state index is 0.219. The van der Waals surface area contributed by atoms with Crippen LogP contribution in [0.3, 0.4) is 0 Å². The number of aromatic nitrogens is 1. The first-order valence-corrected chi connectivity index (χ1v) is 5.13. The first-order valence-electron chi connectivity index (χ1n) is 5.13. The maximum Gasteiger partial charge on any atom is 0.251 e. The number of carbonyl (C=O) groups is 1. The van der Waals surface area contributed by atoms with Crippen LogP contribution in [0.2, 0.25) is 0 Å². The molecule has 1 amide bonds. The Hall–Kier alpha value is -1.62. The molecule has 1 aromatic heterocycles. The highest BCUT2D eigenvalue weighted by Crippen LogP contribution is 1.94. The molecule has 5 nitrogen and oxygen atoms in total. The molecule has 0 bridgehead atoms. The molecule has 2 N–H and O–H groups in total. The standard InChI is InChI=1S/C11H16N2O3/c1-8(14)3-5-12-11(16)9-4-6-13(2)10(15)7-9/h4,6-8,14H,3,5H2,1-2H3,(H,12,16). The van der Waals surface area contributed by atoms with E-state index in [0.29, 0.717) is 18.5 Å². The van der Waals surface area contributed by atoms with Crippen LogP contribution in [0.5, 0.6) is 0 Å². The number of hydrogen-bond donors (Lipinski definition) is 2. The fourth-order valence-corrected chi connectivity index (χ4v) is 1.19. The summed E-state index contributed by atoms with van der Waals surface area (Å²) in [5, 5.41) is 11.6. The fraction of sp³-hybridized carbons (Fsp3) is 0.455. The SMILES string of the molecule is CC(O)CCNC(=O)c1ccn(C)c(=O)c1. The molecule has 1 unspecified atom stereocenters. The zero-order valence-electron chi connectivity index (χ0n) is 9.43. The van der Waals surface area contributed by atoms with E-state index in [9.17, 15) is 9.59 Å². The van der Waals surface area contributed by atoms with E-state index >= 15 is 0 Å². The van der Waals surface area contributed by atoms with Crippen molar-refractivity contribution in [3.8, 4) is 0 Å². The Morgan fingerprint density at radius 3 is 2.88 bits per heavy atom. The summed E-state index contributed by atoms with van der Waals surface area (Å²) in [7, 11) is 1.62. The van der Waals surface area contributed by atoms with Gasteiger partial charge in [-0.25, -0.2) is 0 Å². The van der Waals surface area contributed by atoms with Crippen molar-refractivity contribution in [3.05, 3.63) is 34.2 Å². The number of nitrogens with zero attached hydrogens (tertiary/aromatic N) is 1. The minimum atomic E-state index is -0.441. The summed E-state index contributed by atoms with van der Waals surface area (Å²) in [4.78, 5) is 22.8. The lowest BCUT2D eigenvalue weighted by Crippen LogP contribution is -2.28. The van der Waals surface area contributed by atoms with Crippen LogP contribution >= 0.6 is 0 Å². The summed E-state index contributed by atoms with van der Waals surface area (Å²) in [5.41, 5.74) is 0.122. The lowest BCUT2D eigenvalue weighted by atomic mass is 10.2. The zero-order valence-corrected chi connectivity index (χ0v) is 9.43. The molecule has 88 valence electrons. The van der Waals surface area contributed by atoms with Crippen molar-refractivity contribution in [2.45, 2.75) is 19.4 Å². The smallest absolute Gasteiger partial charge is 0.251 e. The third-order valence-corrected chi connectivity index (χ3v) is 2.21. The van der Waals surface area contributed by atoms with Crippen molar-refractivity contribution in [2.75, 3.05) is 6.54 Å². The van der Waals surface area contributed by atoms with Gasteiger partial charge in [0.2, 0.25) is 0 Å². The van der Waals surface area contributed by atoms with Gasteiger partial charge in [0.1, 0.15) is 0 Å². The van der Waals surface area contributed by atoms with Crippen molar-refractivity contribution >= 4 is 5.91 Å².